The number of rotatable bonds is 4. The number of nitro benzene ring substituents is 1. The van der Waals surface area contributed by atoms with Gasteiger partial charge < -0.3 is 4.90 Å². The predicted octanol–water partition coefficient (Wildman–Crippen LogP) is 6.33. The molecule has 0 amide bonds. The summed E-state index contributed by atoms with van der Waals surface area (Å²) >= 11 is 0. The van der Waals surface area contributed by atoms with Crippen molar-refractivity contribution < 1.29 is 4.92 Å². The van der Waals surface area contributed by atoms with Crippen LogP contribution < -0.4 is 4.90 Å². The molecule has 0 aromatic heterocycles. The molecule has 154 valence electrons. The quantitative estimate of drug-likeness (QED) is 0.222. The molecule has 1 fully saturated rings. The van der Waals surface area contributed by atoms with E-state index in [1.165, 1.54) is 5.56 Å². The van der Waals surface area contributed by atoms with Crippen LogP contribution in [0.1, 0.15) is 17.2 Å². The van der Waals surface area contributed by atoms with Crippen LogP contribution in [0.4, 0.5) is 17.1 Å². The maximum absolute atomic E-state index is 11.1. The summed E-state index contributed by atoms with van der Waals surface area (Å²) in [6, 6.07) is 34.1. The minimum Gasteiger partial charge on any atom is -0.349 e. The molecule has 32 heavy (non-hydrogen) atoms. The van der Waals surface area contributed by atoms with Gasteiger partial charge in [0.2, 0.25) is 0 Å². The second kappa shape index (κ2) is 7.17. The van der Waals surface area contributed by atoms with Crippen molar-refractivity contribution in [3.8, 4) is 11.1 Å². The molecule has 6 rings (SSSR count). The monoisotopic (exact) mass is 417 g/mol. The van der Waals surface area contributed by atoms with Crippen molar-refractivity contribution >= 4 is 22.8 Å². The van der Waals surface area contributed by atoms with E-state index in [1.807, 2.05) is 48.5 Å². The molecule has 2 aliphatic rings. The fourth-order valence-corrected chi connectivity index (χ4v) is 4.62. The normalized spacial score (nSPS) is 18.4. The van der Waals surface area contributed by atoms with E-state index in [1.54, 1.807) is 12.1 Å². The summed E-state index contributed by atoms with van der Waals surface area (Å²) < 4.78 is 0. The van der Waals surface area contributed by atoms with Gasteiger partial charge in [-0.2, -0.15) is 0 Å². The highest BCUT2D eigenvalue weighted by Gasteiger charge is 2.54. The van der Waals surface area contributed by atoms with Gasteiger partial charge in [0.1, 0.15) is 0 Å². The van der Waals surface area contributed by atoms with Crippen LogP contribution in [0.15, 0.2) is 108 Å². The maximum Gasteiger partial charge on any atom is 0.269 e. The molecule has 2 atom stereocenters. The van der Waals surface area contributed by atoms with Gasteiger partial charge in [0.05, 0.1) is 34.1 Å². The first-order valence-corrected chi connectivity index (χ1v) is 10.6. The van der Waals surface area contributed by atoms with E-state index in [2.05, 4.69) is 47.4 Å². The highest BCUT2D eigenvalue weighted by Crippen LogP contribution is 2.55. The van der Waals surface area contributed by atoms with Gasteiger partial charge in [-0.15, -0.1) is 0 Å². The lowest BCUT2D eigenvalue weighted by Gasteiger charge is -2.18. The number of benzene rings is 4. The van der Waals surface area contributed by atoms with Gasteiger partial charge in [0, 0.05) is 12.1 Å². The molecular weight excluding hydrogens is 398 g/mol. The number of nitrogens with zero attached hydrogens (tertiary/aromatic N) is 3. The van der Waals surface area contributed by atoms with Crippen molar-refractivity contribution in [2.45, 2.75) is 12.1 Å². The summed E-state index contributed by atoms with van der Waals surface area (Å²) in [6.07, 6.45) is 0. The average molecular weight is 417 g/mol. The Morgan fingerprint density at radius 2 is 1.38 bits per heavy atom. The zero-order valence-corrected chi connectivity index (χ0v) is 17.1. The van der Waals surface area contributed by atoms with Crippen molar-refractivity contribution in [3.63, 3.8) is 0 Å². The number of non-ortho nitro benzene ring substituents is 1. The maximum atomic E-state index is 11.1. The molecule has 4 aromatic rings. The molecule has 2 heterocycles. The Labute approximate surface area is 185 Å². The van der Waals surface area contributed by atoms with Crippen LogP contribution in [0.2, 0.25) is 0 Å². The molecule has 0 N–H and O–H groups in total. The van der Waals surface area contributed by atoms with Gasteiger partial charge in [0.15, 0.2) is 0 Å². The van der Waals surface area contributed by atoms with Crippen LogP contribution in [0, 0.1) is 10.1 Å². The molecule has 5 heteroatoms. The third-order valence-electron chi connectivity index (χ3n) is 6.21. The first-order valence-electron chi connectivity index (χ1n) is 10.6. The molecule has 4 aromatic carbocycles. The third kappa shape index (κ3) is 2.98. The Kier molecular flexibility index (Phi) is 4.15. The van der Waals surface area contributed by atoms with E-state index in [4.69, 9.17) is 4.99 Å². The van der Waals surface area contributed by atoms with Crippen LogP contribution in [-0.2, 0) is 0 Å². The molecule has 0 saturated carbocycles. The standard InChI is InChI=1S/C27H19N3O2/c31-30(32)22-14-11-20(12-15-22)26-27-25(19-9-5-2-6-10-19)28-23-16-13-21(17-24(23)29(26)27)18-7-3-1-4-8-18/h1-17,26-27H. The second-order valence-electron chi connectivity index (χ2n) is 8.08. The van der Waals surface area contributed by atoms with Crippen LogP contribution in [0.5, 0.6) is 0 Å². The highest BCUT2D eigenvalue weighted by atomic mass is 16.6. The summed E-state index contributed by atoms with van der Waals surface area (Å²) in [5.41, 5.74) is 7.66. The summed E-state index contributed by atoms with van der Waals surface area (Å²) in [6.45, 7) is 0. The van der Waals surface area contributed by atoms with E-state index in [9.17, 15) is 10.1 Å². The fraction of sp³-hybridized carbons (Fsp3) is 0.0741. The minimum absolute atomic E-state index is 0.0991. The molecule has 2 unspecified atom stereocenters. The number of anilines is 1. The molecule has 0 radical (unpaired) electrons. The number of aliphatic imine (C=N–C) groups is 1. The predicted molar refractivity (Wildman–Crippen MR) is 127 cm³/mol. The lowest BCUT2D eigenvalue weighted by Crippen LogP contribution is -2.17. The summed E-state index contributed by atoms with van der Waals surface area (Å²) in [5, 5.41) is 11.1. The van der Waals surface area contributed by atoms with Crippen LogP contribution in [-0.4, -0.2) is 16.7 Å². The average Bonchev–Trinajstić information content (AvgIpc) is 3.60. The van der Waals surface area contributed by atoms with Crippen molar-refractivity contribution in [3.05, 3.63) is 124 Å². The lowest BCUT2D eigenvalue weighted by atomic mass is 10.0. The van der Waals surface area contributed by atoms with Crippen LogP contribution in [0.25, 0.3) is 11.1 Å². The number of hydrogen-bond acceptors (Lipinski definition) is 4. The number of hydrogen-bond donors (Lipinski definition) is 0. The number of nitro groups is 1. The molecule has 0 spiro atoms. The van der Waals surface area contributed by atoms with E-state index in [-0.39, 0.29) is 22.7 Å². The summed E-state index contributed by atoms with van der Waals surface area (Å²) in [4.78, 5) is 18.2. The van der Waals surface area contributed by atoms with Crippen LogP contribution in [0.3, 0.4) is 0 Å². The molecule has 0 aliphatic carbocycles. The fourth-order valence-electron chi connectivity index (χ4n) is 4.62. The summed E-state index contributed by atoms with van der Waals surface area (Å²) in [5.74, 6) is 0. The largest absolute Gasteiger partial charge is 0.349 e. The zero-order valence-electron chi connectivity index (χ0n) is 17.1. The molecule has 5 nitrogen and oxygen atoms in total. The Bertz CT molecular complexity index is 1350. The number of fused-ring (bicyclic) bond motifs is 3. The van der Waals surface area contributed by atoms with E-state index >= 15 is 0 Å². The third-order valence-corrected chi connectivity index (χ3v) is 6.21. The van der Waals surface area contributed by atoms with Gasteiger partial charge in [-0.05, 0) is 34.4 Å². The molecule has 0 bridgehead atoms. The van der Waals surface area contributed by atoms with Crippen molar-refractivity contribution in [1.82, 2.24) is 0 Å². The van der Waals surface area contributed by atoms with Gasteiger partial charge >= 0.3 is 0 Å². The van der Waals surface area contributed by atoms with E-state index in [0.29, 0.717) is 0 Å². The summed E-state index contributed by atoms with van der Waals surface area (Å²) in [7, 11) is 0. The Balaban J connectivity index is 1.46. The minimum atomic E-state index is -0.359. The van der Waals surface area contributed by atoms with Gasteiger partial charge in [-0.3, -0.25) is 10.1 Å². The lowest BCUT2D eigenvalue weighted by molar-refractivity contribution is -0.384. The second-order valence-corrected chi connectivity index (χ2v) is 8.08. The Morgan fingerprint density at radius 1 is 0.719 bits per heavy atom. The highest BCUT2D eigenvalue weighted by molar-refractivity contribution is 6.14. The van der Waals surface area contributed by atoms with Gasteiger partial charge in [0.25, 0.3) is 5.69 Å². The Hall–Kier alpha value is -4.25. The Morgan fingerprint density at radius 3 is 2.03 bits per heavy atom. The first-order chi connectivity index (χ1) is 15.7. The topological polar surface area (TPSA) is 58.5 Å². The molecule has 2 aliphatic heterocycles. The van der Waals surface area contributed by atoms with Crippen molar-refractivity contribution in [2.24, 2.45) is 4.99 Å². The van der Waals surface area contributed by atoms with E-state index in [0.717, 1.165) is 33.8 Å². The first kappa shape index (κ1) is 18.5. The SMILES string of the molecule is O=[N+]([O-])c1ccc(C2C3C(c4ccccc4)=Nc4ccc(-c5ccccc5)cc4N32)cc1. The molecular formula is C27H19N3O2. The van der Waals surface area contributed by atoms with Gasteiger partial charge in [-0.1, -0.05) is 78.9 Å². The van der Waals surface area contributed by atoms with E-state index < -0.39 is 0 Å². The zero-order chi connectivity index (χ0) is 21.7. The molecule has 1 saturated heterocycles. The van der Waals surface area contributed by atoms with Crippen molar-refractivity contribution in [1.29, 1.82) is 0 Å². The smallest absolute Gasteiger partial charge is 0.269 e. The van der Waals surface area contributed by atoms with Crippen molar-refractivity contribution in [2.75, 3.05) is 4.90 Å². The van der Waals surface area contributed by atoms with Crippen LogP contribution >= 0.6 is 0 Å². The van der Waals surface area contributed by atoms with Gasteiger partial charge in [-0.25, -0.2) is 4.99 Å².